The van der Waals surface area contributed by atoms with Gasteiger partial charge in [0, 0.05) is 11.6 Å². The van der Waals surface area contributed by atoms with Crippen molar-refractivity contribution in [3.8, 4) is 28.4 Å². The van der Waals surface area contributed by atoms with Gasteiger partial charge in [0.05, 0.1) is 35.6 Å². The normalized spacial score (nSPS) is 11.1. The van der Waals surface area contributed by atoms with Gasteiger partial charge in [0.25, 0.3) is 0 Å². The molecule has 4 rings (SSSR count). The molecule has 24 heavy (non-hydrogen) atoms. The monoisotopic (exact) mass is 322 g/mol. The van der Waals surface area contributed by atoms with E-state index in [0.29, 0.717) is 28.4 Å². The molecular weight excluding hydrogens is 307 g/mol. The van der Waals surface area contributed by atoms with Crippen molar-refractivity contribution in [2.75, 3.05) is 7.11 Å². The summed E-state index contributed by atoms with van der Waals surface area (Å²) in [6.07, 6.45) is 1.64. The number of aromatic nitrogens is 4. The fourth-order valence-corrected chi connectivity index (χ4v) is 2.75. The Labute approximate surface area is 137 Å². The fourth-order valence-electron chi connectivity index (χ4n) is 2.75. The highest BCUT2D eigenvalue weighted by Gasteiger charge is 2.17. The van der Waals surface area contributed by atoms with Gasteiger partial charge < -0.3 is 9.72 Å². The fraction of sp³-hybridized carbons (Fsp3) is 0.111. The molecule has 0 radical (unpaired) electrons. The third-order valence-corrected chi connectivity index (χ3v) is 3.98. The number of fused-ring (bicyclic) bond motifs is 1. The zero-order valence-electron chi connectivity index (χ0n) is 13.2. The van der Waals surface area contributed by atoms with Crippen LogP contribution in [0, 0.1) is 12.7 Å². The van der Waals surface area contributed by atoms with Crippen LogP contribution >= 0.6 is 0 Å². The number of halogens is 1. The molecule has 2 heterocycles. The predicted octanol–water partition coefficient (Wildman–Crippen LogP) is 4.08. The Kier molecular flexibility index (Phi) is 3.30. The maximum atomic E-state index is 14.4. The Morgan fingerprint density at radius 1 is 1.08 bits per heavy atom. The Bertz CT molecular complexity index is 1030. The standard InChI is InChI=1S/C18H15FN4O/c1-10-3-6-15-16(7-10)22-18(21-15)13-9-20-23-17(13)12-5-4-11(24-2)8-14(12)19/h3-9H,1-2H3,(H,20,23)(H,21,22). The maximum absolute atomic E-state index is 14.4. The van der Waals surface area contributed by atoms with Gasteiger partial charge in [-0.2, -0.15) is 5.10 Å². The number of aryl methyl sites for hydroxylation is 1. The molecule has 0 aliphatic rings. The van der Waals surface area contributed by atoms with Gasteiger partial charge in [-0.25, -0.2) is 9.37 Å². The molecule has 2 aromatic carbocycles. The molecule has 0 saturated carbocycles. The number of rotatable bonds is 3. The average Bonchev–Trinajstić information content (AvgIpc) is 3.20. The quantitative estimate of drug-likeness (QED) is 0.597. The van der Waals surface area contributed by atoms with Gasteiger partial charge >= 0.3 is 0 Å². The second kappa shape index (κ2) is 5.49. The highest BCUT2D eigenvalue weighted by Crippen LogP contribution is 2.32. The lowest BCUT2D eigenvalue weighted by molar-refractivity contribution is 0.411. The molecule has 4 aromatic rings. The Morgan fingerprint density at radius 2 is 1.96 bits per heavy atom. The second-order valence-electron chi connectivity index (χ2n) is 5.61. The van der Waals surface area contributed by atoms with E-state index in [2.05, 4.69) is 20.2 Å². The Hall–Kier alpha value is -3.15. The van der Waals surface area contributed by atoms with Crippen molar-refractivity contribution in [3.05, 3.63) is 54.0 Å². The third-order valence-electron chi connectivity index (χ3n) is 3.98. The van der Waals surface area contributed by atoms with E-state index in [0.717, 1.165) is 16.6 Å². The van der Waals surface area contributed by atoms with Crippen molar-refractivity contribution in [2.45, 2.75) is 6.92 Å². The second-order valence-corrected chi connectivity index (χ2v) is 5.61. The van der Waals surface area contributed by atoms with E-state index < -0.39 is 0 Å². The number of ether oxygens (including phenoxy) is 1. The van der Waals surface area contributed by atoms with Crippen LogP contribution in [0.4, 0.5) is 4.39 Å². The number of nitrogens with one attached hydrogen (secondary N) is 2. The summed E-state index contributed by atoms with van der Waals surface area (Å²) in [7, 11) is 1.51. The summed E-state index contributed by atoms with van der Waals surface area (Å²) in [5.41, 5.74) is 4.65. The van der Waals surface area contributed by atoms with Crippen LogP contribution in [-0.4, -0.2) is 27.3 Å². The van der Waals surface area contributed by atoms with Crippen LogP contribution in [0.5, 0.6) is 5.75 Å². The molecule has 0 aliphatic carbocycles. The summed E-state index contributed by atoms with van der Waals surface area (Å²) in [5, 5.41) is 6.93. The van der Waals surface area contributed by atoms with Crippen LogP contribution in [0.25, 0.3) is 33.7 Å². The predicted molar refractivity (Wildman–Crippen MR) is 90.4 cm³/mol. The van der Waals surface area contributed by atoms with Crippen LogP contribution in [0.2, 0.25) is 0 Å². The van der Waals surface area contributed by atoms with Gasteiger partial charge in [0.15, 0.2) is 0 Å². The molecular formula is C18H15FN4O. The molecule has 0 amide bonds. The minimum atomic E-state index is -0.383. The average molecular weight is 322 g/mol. The summed E-state index contributed by atoms with van der Waals surface area (Å²) in [6.45, 7) is 2.02. The van der Waals surface area contributed by atoms with Crippen molar-refractivity contribution in [1.82, 2.24) is 20.2 Å². The molecule has 2 aromatic heterocycles. The van der Waals surface area contributed by atoms with Crippen molar-refractivity contribution in [3.63, 3.8) is 0 Å². The molecule has 0 atom stereocenters. The minimum absolute atomic E-state index is 0.383. The lowest BCUT2D eigenvalue weighted by Crippen LogP contribution is -1.90. The van der Waals surface area contributed by atoms with E-state index in [-0.39, 0.29) is 5.82 Å². The minimum Gasteiger partial charge on any atom is -0.497 e. The van der Waals surface area contributed by atoms with Crippen molar-refractivity contribution in [1.29, 1.82) is 0 Å². The topological polar surface area (TPSA) is 66.6 Å². The number of imidazole rings is 1. The van der Waals surface area contributed by atoms with Gasteiger partial charge in [-0.3, -0.25) is 5.10 Å². The number of benzene rings is 2. The van der Waals surface area contributed by atoms with Crippen LogP contribution in [0.15, 0.2) is 42.6 Å². The van der Waals surface area contributed by atoms with Gasteiger partial charge in [-0.1, -0.05) is 6.07 Å². The van der Waals surface area contributed by atoms with Gasteiger partial charge in [0.2, 0.25) is 0 Å². The SMILES string of the molecule is COc1ccc(-c2[nH]ncc2-c2nc3ccc(C)cc3[nH]2)c(F)c1. The molecule has 120 valence electrons. The number of aromatic amines is 2. The van der Waals surface area contributed by atoms with Crippen molar-refractivity contribution >= 4 is 11.0 Å². The molecule has 0 spiro atoms. The summed E-state index contributed by atoms with van der Waals surface area (Å²) in [6, 6.07) is 10.7. The Morgan fingerprint density at radius 3 is 2.75 bits per heavy atom. The Balaban J connectivity index is 1.84. The number of methoxy groups -OCH3 is 1. The highest BCUT2D eigenvalue weighted by atomic mass is 19.1. The largest absolute Gasteiger partial charge is 0.497 e. The number of hydrogen-bond donors (Lipinski definition) is 2. The van der Waals surface area contributed by atoms with E-state index in [9.17, 15) is 4.39 Å². The van der Waals surface area contributed by atoms with Gasteiger partial charge in [-0.05, 0) is 36.8 Å². The summed E-state index contributed by atoms with van der Waals surface area (Å²) < 4.78 is 19.4. The molecule has 0 aliphatic heterocycles. The van der Waals surface area contributed by atoms with E-state index in [4.69, 9.17) is 4.74 Å². The molecule has 0 saturated heterocycles. The lowest BCUT2D eigenvalue weighted by Gasteiger charge is -2.05. The van der Waals surface area contributed by atoms with Gasteiger partial charge in [0.1, 0.15) is 17.4 Å². The maximum Gasteiger partial charge on any atom is 0.142 e. The molecule has 0 bridgehead atoms. The van der Waals surface area contributed by atoms with Gasteiger partial charge in [-0.15, -0.1) is 0 Å². The first-order valence-corrected chi connectivity index (χ1v) is 7.50. The smallest absolute Gasteiger partial charge is 0.142 e. The van der Waals surface area contributed by atoms with E-state index in [1.165, 1.54) is 13.2 Å². The van der Waals surface area contributed by atoms with Crippen LogP contribution < -0.4 is 4.74 Å². The molecule has 2 N–H and O–H groups in total. The molecule has 5 nitrogen and oxygen atoms in total. The number of H-pyrrole nitrogens is 2. The zero-order chi connectivity index (χ0) is 16.7. The third kappa shape index (κ3) is 2.32. The summed E-state index contributed by atoms with van der Waals surface area (Å²) >= 11 is 0. The molecule has 6 heteroatoms. The number of nitrogens with zero attached hydrogens (tertiary/aromatic N) is 2. The first-order valence-electron chi connectivity index (χ1n) is 7.50. The lowest BCUT2D eigenvalue weighted by atomic mass is 10.1. The summed E-state index contributed by atoms with van der Waals surface area (Å²) in [5.74, 6) is 0.734. The first-order chi connectivity index (χ1) is 11.7. The highest BCUT2D eigenvalue weighted by molar-refractivity contribution is 5.84. The van der Waals surface area contributed by atoms with Crippen molar-refractivity contribution in [2.24, 2.45) is 0 Å². The van der Waals surface area contributed by atoms with E-state index in [1.807, 2.05) is 25.1 Å². The number of hydrogen-bond acceptors (Lipinski definition) is 3. The first kappa shape index (κ1) is 14.4. The molecule has 0 fully saturated rings. The van der Waals surface area contributed by atoms with Crippen LogP contribution in [0.1, 0.15) is 5.56 Å². The van der Waals surface area contributed by atoms with Crippen LogP contribution in [0.3, 0.4) is 0 Å². The molecule has 0 unspecified atom stereocenters. The summed E-state index contributed by atoms with van der Waals surface area (Å²) in [4.78, 5) is 7.86. The van der Waals surface area contributed by atoms with Crippen LogP contribution in [-0.2, 0) is 0 Å². The van der Waals surface area contributed by atoms with Crippen molar-refractivity contribution < 1.29 is 9.13 Å². The van der Waals surface area contributed by atoms with E-state index in [1.54, 1.807) is 18.3 Å². The zero-order valence-corrected chi connectivity index (χ0v) is 13.2. The van der Waals surface area contributed by atoms with E-state index >= 15 is 0 Å².